The molecule has 2 N–H and O–H groups in total. The standard InChI is InChI=1S/C13H30N4.HI/c1-6-9-10-15-13(14-5)16-11-12(4)17(7-2)8-3;/h12H,6-11H2,1-5H3,(H2,14,15,16);1H. The summed E-state index contributed by atoms with van der Waals surface area (Å²) in [7, 11) is 1.82. The number of likely N-dealkylation sites (N-methyl/N-ethyl adjacent to an activating group) is 1. The summed E-state index contributed by atoms with van der Waals surface area (Å²) in [6, 6.07) is 0.537. The molecule has 0 spiro atoms. The van der Waals surface area contributed by atoms with E-state index in [0.29, 0.717) is 6.04 Å². The molecule has 0 aromatic carbocycles. The monoisotopic (exact) mass is 370 g/mol. The smallest absolute Gasteiger partial charge is 0.191 e. The van der Waals surface area contributed by atoms with Crippen molar-refractivity contribution in [2.45, 2.75) is 46.6 Å². The van der Waals surface area contributed by atoms with Crippen molar-refractivity contribution < 1.29 is 0 Å². The summed E-state index contributed by atoms with van der Waals surface area (Å²) < 4.78 is 0. The number of aliphatic imine (C=N–C) groups is 1. The number of hydrogen-bond donors (Lipinski definition) is 2. The molecule has 18 heavy (non-hydrogen) atoms. The number of unbranched alkanes of at least 4 members (excludes halogenated alkanes) is 1. The number of hydrogen-bond acceptors (Lipinski definition) is 2. The quantitative estimate of drug-likeness (QED) is 0.298. The minimum atomic E-state index is 0. The van der Waals surface area contributed by atoms with Gasteiger partial charge in [-0.15, -0.1) is 24.0 Å². The highest BCUT2D eigenvalue weighted by Crippen LogP contribution is 1.96. The fourth-order valence-corrected chi connectivity index (χ4v) is 1.82. The molecule has 1 atom stereocenters. The van der Waals surface area contributed by atoms with E-state index in [4.69, 9.17) is 0 Å². The maximum absolute atomic E-state index is 4.22. The van der Waals surface area contributed by atoms with Crippen LogP contribution in [0.3, 0.4) is 0 Å². The van der Waals surface area contributed by atoms with E-state index >= 15 is 0 Å². The predicted octanol–water partition coefficient (Wildman–Crippen LogP) is 2.30. The number of rotatable bonds is 8. The zero-order chi connectivity index (χ0) is 13.1. The fourth-order valence-electron chi connectivity index (χ4n) is 1.82. The highest BCUT2D eigenvalue weighted by Gasteiger charge is 2.09. The van der Waals surface area contributed by atoms with Crippen LogP contribution in [0.1, 0.15) is 40.5 Å². The van der Waals surface area contributed by atoms with Crippen molar-refractivity contribution in [3.8, 4) is 0 Å². The van der Waals surface area contributed by atoms with E-state index in [9.17, 15) is 0 Å². The first-order valence-corrected chi connectivity index (χ1v) is 6.88. The molecule has 0 heterocycles. The SMILES string of the molecule is CCCCNC(=NC)NCC(C)N(CC)CC.I. The molecule has 0 aliphatic carbocycles. The first-order valence-electron chi connectivity index (χ1n) is 6.88. The fraction of sp³-hybridized carbons (Fsp3) is 0.923. The minimum Gasteiger partial charge on any atom is -0.356 e. The van der Waals surface area contributed by atoms with Crippen molar-refractivity contribution in [3.63, 3.8) is 0 Å². The molecule has 4 nitrogen and oxygen atoms in total. The molecule has 0 saturated carbocycles. The van der Waals surface area contributed by atoms with Gasteiger partial charge in [-0.25, -0.2) is 0 Å². The molecule has 0 rings (SSSR count). The van der Waals surface area contributed by atoms with Crippen molar-refractivity contribution in [3.05, 3.63) is 0 Å². The second-order valence-corrected chi connectivity index (χ2v) is 4.30. The molecule has 5 heteroatoms. The summed E-state index contributed by atoms with van der Waals surface area (Å²) in [5, 5.41) is 6.70. The maximum Gasteiger partial charge on any atom is 0.191 e. The van der Waals surface area contributed by atoms with Crippen LogP contribution in [0, 0.1) is 0 Å². The van der Waals surface area contributed by atoms with E-state index in [1.54, 1.807) is 0 Å². The summed E-state index contributed by atoms with van der Waals surface area (Å²) in [6.45, 7) is 13.0. The minimum absolute atomic E-state index is 0. The Morgan fingerprint density at radius 2 is 1.78 bits per heavy atom. The maximum atomic E-state index is 4.22. The van der Waals surface area contributed by atoms with Crippen LogP contribution < -0.4 is 10.6 Å². The lowest BCUT2D eigenvalue weighted by atomic mass is 10.3. The van der Waals surface area contributed by atoms with Gasteiger partial charge in [0.1, 0.15) is 0 Å². The van der Waals surface area contributed by atoms with Gasteiger partial charge in [0.05, 0.1) is 0 Å². The number of nitrogens with zero attached hydrogens (tertiary/aromatic N) is 2. The van der Waals surface area contributed by atoms with Gasteiger partial charge in [0, 0.05) is 26.2 Å². The molecule has 0 aromatic heterocycles. The highest BCUT2D eigenvalue weighted by atomic mass is 127. The molecule has 0 saturated heterocycles. The average molecular weight is 370 g/mol. The number of nitrogens with one attached hydrogen (secondary N) is 2. The summed E-state index contributed by atoms with van der Waals surface area (Å²) in [5.74, 6) is 0.914. The lowest BCUT2D eigenvalue weighted by molar-refractivity contribution is 0.231. The molecular weight excluding hydrogens is 339 g/mol. The number of halogens is 1. The van der Waals surface area contributed by atoms with Gasteiger partial charge in [-0.05, 0) is 26.4 Å². The van der Waals surface area contributed by atoms with Gasteiger partial charge in [-0.2, -0.15) is 0 Å². The molecular formula is C13H31IN4. The van der Waals surface area contributed by atoms with Crippen molar-refractivity contribution in [2.24, 2.45) is 4.99 Å². The third-order valence-corrected chi connectivity index (χ3v) is 3.05. The van der Waals surface area contributed by atoms with E-state index < -0.39 is 0 Å². The second kappa shape index (κ2) is 13.4. The van der Waals surface area contributed by atoms with Gasteiger partial charge in [-0.1, -0.05) is 27.2 Å². The Hall–Kier alpha value is -0.0400. The Balaban J connectivity index is 0. The van der Waals surface area contributed by atoms with Gasteiger partial charge < -0.3 is 10.6 Å². The molecule has 110 valence electrons. The Labute approximate surface area is 130 Å². The first kappa shape index (κ1) is 20.3. The third-order valence-electron chi connectivity index (χ3n) is 3.05. The van der Waals surface area contributed by atoms with Gasteiger partial charge in [0.25, 0.3) is 0 Å². The van der Waals surface area contributed by atoms with Crippen LogP contribution in [0.4, 0.5) is 0 Å². The van der Waals surface area contributed by atoms with E-state index in [0.717, 1.165) is 32.1 Å². The van der Waals surface area contributed by atoms with E-state index in [1.165, 1.54) is 12.8 Å². The van der Waals surface area contributed by atoms with Gasteiger partial charge in [0.15, 0.2) is 5.96 Å². The van der Waals surface area contributed by atoms with Crippen LogP contribution >= 0.6 is 24.0 Å². The van der Waals surface area contributed by atoms with E-state index in [1.807, 2.05) is 7.05 Å². The summed E-state index contributed by atoms with van der Waals surface area (Å²) in [4.78, 5) is 6.66. The zero-order valence-electron chi connectivity index (χ0n) is 12.6. The van der Waals surface area contributed by atoms with Crippen molar-refractivity contribution >= 4 is 29.9 Å². The van der Waals surface area contributed by atoms with Crippen LogP contribution in [0.15, 0.2) is 4.99 Å². The Bertz CT molecular complexity index is 205. The lowest BCUT2D eigenvalue weighted by Crippen LogP contribution is -2.46. The van der Waals surface area contributed by atoms with Crippen LogP contribution in [0.2, 0.25) is 0 Å². The van der Waals surface area contributed by atoms with Crippen LogP contribution in [-0.2, 0) is 0 Å². The zero-order valence-corrected chi connectivity index (χ0v) is 15.0. The van der Waals surface area contributed by atoms with Crippen molar-refractivity contribution in [1.82, 2.24) is 15.5 Å². The highest BCUT2D eigenvalue weighted by molar-refractivity contribution is 14.0. The van der Waals surface area contributed by atoms with Crippen LogP contribution in [-0.4, -0.2) is 50.1 Å². The molecule has 0 amide bonds. The van der Waals surface area contributed by atoms with E-state index in [2.05, 4.69) is 48.2 Å². The predicted molar refractivity (Wildman–Crippen MR) is 92.1 cm³/mol. The molecule has 0 aliphatic heterocycles. The van der Waals surface area contributed by atoms with Gasteiger partial charge in [0.2, 0.25) is 0 Å². The number of guanidine groups is 1. The third kappa shape index (κ3) is 8.97. The second-order valence-electron chi connectivity index (χ2n) is 4.30. The Morgan fingerprint density at radius 1 is 1.17 bits per heavy atom. The van der Waals surface area contributed by atoms with Crippen molar-refractivity contribution in [2.75, 3.05) is 33.2 Å². The summed E-state index contributed by atoms with van der Waals surface area (Å²) >= 11 is 0. The first-order chi connectivity index (χ1) is 8.19. The Kier molecular flexibility index (Phi) is 15.1. The molecule has 0 aliphatic rings. The molecule has 0 bridgehead atoms. The van der Waals surface area contributed by atoms with E-state index in [-0.39, 0.29) is 24.0 Å². The molecule has 0 aromatic rings. The molecule has 0 radical (unpaired) electrons. The van der Waals surface area contributed by atoms with Gasteiger partial charge >= 0.3 is 0 Å². The summed E-state index contributed by atoms with van der Waals surface area (Å²) in [5.41, 5.74) is 0. The normalized spacial score (nSPS) is 13.1. The molecule has 1 unspecified atom stereocenters. The largest absolute Gasteiger partial charge is 0.356 e. The average Bonchev–Trinajstić information content (AvgIpc) is 2.35. The lowest BCUT2D eigenvalue weighted by Gasteiger charge is -2.27. The van der Waals surface area contributed by atoms with Crippen molar-refractivity contribution in [1.29, 1.82) is 0 Å². The molecule has 0 fully saturated rings. The Morgan fingerprint density at radius 3 is 2.22 bits per heavy atom. The topological polar surface area (TPSA) is 39.7 Å². The van der Waals surface area contributed by atoms with Crippen LogP contribution in [0.25, 0.3) is 0 Å². The van der Waals surface area contributed by atoms with Gasteiger partial charge in [-0.3, -0.25) is 9.89 Å². The van der Waals surface area contributed by atoms with Crippen LogP contribution in [0.5, 0.6) is 0 Å². The summed E-state index contributed by atoms with van der Waals surface area (Å²) in [6.07, 6.45) is 2.39.